The van der Waals surface area contributed by atoms with Crippen molar-refractivity contribution in [3.05, 3.63) is 109 Å². The number of para-hydroxylation sites is 2. The fourth-order valence-electron chi connectivity index (χ4n) is 3.86. The number of phenols is 2. The molecule has 0 spiro atoms. The molecule has 0 saturated heterocycles. The summed E-state index contributed by atoms with van der Waals surface area (Å²) in [4.78, 5) is 20.2. The van der Waals surface area contributed by atoms with Crippen molar-refractivity contribution in [1.29, 1.82) is 0 Å². The highest BCUT2D eigenvalue weighted by atomic mass is 16.3. The summed E-state index contributed by atoms with van der Waals surface area (Å²) in [5, 5.41) is 19.5. The summed E-state index contributed by atoms with van der Waals surface area (Å²) in [6.07, 6.45) is 0. The molecule has 8 heteroatoms. The van der Waals surface area contributed by atoms with Gasteiger partial charge in [-0.3, -0.25) is 4.90 Å². The number of benzene rings is 4. The van der Waals surface area contributed by atoms with Gasteiger partial charge < -0.3 is 20.0 Å². The summed E-state index contributed by atoms with van der Waals surface area (Å²) in [5.74, 6) is 1.65. The molecule has 37 heavy (non-hydrogen) atoms. The minimum absolute atomic E-state index is 0.181. The van der Waals surface area contributed by atoms with Gasteiger partial charge in [-0.05, 0) is 72.8 Å². The van der Waals surface area contributed by atoms with Crippen molar-refractivity contribution in [2.45, 2.75) is 0 Å². The van der Waals surface area contributed by atoms with Crippen LogP contribution in [0.1, 0.15) is 0 Å². The van der Waals surface area contributed by atoms with E-state index in [1.54, 1.807) is 48.5 Å². The molecular formula is C29H26N6O2. The average molecular weight is 491 g/mol. The van der Waals surface area contributed by atoms with Gasteiger partial charge in [0.15, 0.2) is 0 Å². The number of rotatable bonds is 7. The molecule has 0 saturated carbocycles. The highest BCUT2D eigenvalue weighted by molar-refractivity contribution is 5.74. The largest absolute Gasteiger partial charge is 0.508 e. The van der Waals surface area contributed by atoms with Gasteiger partial charge in [0.25, 0.3) is 0 Å². The topological polar surface area (TPSA) is 88.8 Å². The van der Waals surface area contributed by atoms with Crippen molar-refractivity contribution >= 4 is 40.6 Å². The number of aromatic hydroxyl groups is 2. The normalized spacial score (nSPS) is 10.6. The monoisotopic (exact) mass is 490 g/mol. The Hall–Kier alpha value is -5.11. The maximum Gasteiger partial charge on any atom is 0.241 e. The molecule has 0 atom stereocenters. The van der Waals surface area contributed by atoms with Crippen molar-refractivity contribution in [1.82, 2.24) is 15.0 Å². The number of anilines is 7. The van der Waals surface area contributed by atoms with Crippen molar-refractivity contribution < 1.29 is 10.2 Å². The first-order chi connectivity index (χ1) is 18.0. The SMILES string of the molecule is CN(c1ccc(O)cc1)c1nc(N(C)c2ccc(O)cc2)nc(N(c2ccccc2)c2ccccc2)n1. The lowest BCUT2D eigenvalue weighted by Gasteiger charge is -2.27. The van der Waals surface area contributed by atoms with Gasteiger partial charge in [0.05, 0.1) is 0 Å². The summed E-state index contributed by atoms with van der Waals surface area (Å²) < 4.78 is 0. The fraction of sp³-hybridized carbons (Fsp3) is 0.0690. The van der Waals surface area contributed by atoms with Gasteiger partial charge in [-0.15, -0.1) is 0 Å². The molecule has 0 amide bonds. The van der Waals surface area contributed by atoms with E-state index < -0.39 is 0 Å². The Bertz CT molecular complexity index is 1350. The van der Waals surface area contributed by atoms with E-state index in [4.69, 9.17) is 15.0 Å². The first-order valence-electron chi connectivity index (χ1n) is 11.7. The molecule has 0 aliphatic carbocycles. The van der Waals surface area contributed by atoms with Gasteiger partial charge in [-0.2, -0.15) is 15.0 Å². The van der Waals surface area contributed by atoms with Gasteiger partial charge in [-0.1, -0.05) is 36.4 Å². The first-order valence-corrected chi connectivity index (χ1v) is 11.7. The highest BCUT2D eigenvalue weighted by Crippen LogP contribution is 2.35. The molecule has 4 aromatic carbocycles. The lowest BCUT2D eigenvalue weighted by Crippen LogP contribution is -2.22. The molecule has 0 radical (unpaired) electrons. The molecule has 0 aliphatic heterocycles. The number of aromatic nitrogens is 3. The standard InChI is InChI=1S/C29H26N6O2/c1-33(21-13-17-25(36)18-14-21)27-30-28(34(2)22-15-19-26(37)20-16-22)32-29(31-27)35(23-9-5-3-6-10-23)24-11-7-4-8-12-24/h3-20,36-37H,1-2H3. The van der Waals surface area contributed by atoms with Crippen LogP contribution in [0.3, 0.4) is 0 Å². The van der Waals surface area contributed by atoms with Gasteiger partial charge in [0.1, 0.15) is 11.5 Å². The third-order valence-electron chi connectivity index (χ3n) is 5.90. The van der Waals surface area contributed by atoms with Crippen molar-refractivity contribution in [3.8, 4) is 11.5 Å². The molecular weight excluding hydrogens is 464 g/mol. The zero-order valence-electron chi connectivity index (χ0n) is 20.5. The van der Waals surface area contributed by atoms with Crippen molar-refractivity contribution in [3.63, 3.8) is 0 Å². The zero-order chi connectivity index (χ0) is 25.8. The molecule has 5 rings (SSSR count). The number of nitrogens with zero attached hydrogens (tertiary/aromatic N) is 6. The fourth-order valence-corrected chi connectivity index (χ4v) is 3.86. The van der Waals surface area contributed by atoms with E-state index in [1.807, 2.05) is 89.5 Å². The van der Waals surface area contributed by atoms with E-state index in [0.717, 1.165) is 22.7 Å². The first kappa shape index (κ1) is 23.6. The second-order valence-electron chi connectivity index (χ2n) is 8.39. The quantitative estimate of drug-likeness (QED) is 0.275. The summed E-state index contributed by atoms with van der Waals surface area (Å²) in [7, 11) is 3.73. The Labute approximate surface area is 215 Å². The molecule has 184 valence electrons. The second kappa shape index (κ2) is 10.2. The Morgan fingerprint density at radius 3 is 1.16 bits per heavy atom. The third-order valence-corrected chi connectivity index (χ3v) is 5.90. The Morgan fingerprint density at radius 1 is 0.432 bits per heavy atom. The molecule has 8 nitrogen and oxygen atoms in total. The van der Waals surface area contributed by atoms with Crippen LogP contribution >= 0.6 is 0 Å². The Kier molecular flexibility index (Phi) is 6.54. The summed E-state index contributed by atoms with van der Waals surface area (Å²) in [6.45, 7) is 0. The van der Waals surface area contributed by atoms with Gasteiger partial charge in [0, 0.05) is 36.8 Å². The Morgan fingerprint density at radius 2 is 0.784 bits per heavy atom. The van der Waals surface area contributed by atoms with Crippen LogP contribution in [0.25, 0.3) is 0 Å². The van der Waals surface area contributed by atoms with Crippen LogP contribution < -0.4 is 14.7 Å². The Balaban J connectivity index is 1.68. The van der Waals surface area contributed by atoms with E-state index in [1.165, 1.54) is 0 Å². The summed E-state index contributed by atoms with van der Waals surface area (Å²) >= 11 is 0. The van der Waals surface area contributed by atoms with Crippen LogP contribution in [0.2, 0.25) is 0 Å². The second-order valence-corrected chi connectivity index (χ2v) is 8.39. The van der Waals surface area contributed by atoms with Gasteiger partial charge in [0.2, 0.25) is 17.8 Å². The van der Waals surface area contributed by atoms with Crippen LogP contribution in [0, 0.1) is 0 Å². The molecule has 2 N–H and O–H groups in total. The number of hydrogen-bond donors (Lipinski definition) is 2. The smallest absolute Gasteiger partial charge is 0.241 e. The van der Waals surface area contributed by atoms with E-state index in [0.29, 0.717) is 17.8 Å². The lowest BCUT2D eigenvalue weighted by molar-refractivity contribution is 0.475. The molecule has 0 bridgehead atoms. The van der Waals surface area contributed by atoms with Gasteiger partial charge >= 0.3 is 0 Å². The predicted molar refractivity (Wildman–Crippen MR) is 147 cm³/mol. The van der Waals surface area contributed by atoms with E-state index in [2.05, 4.69) is 0 Å². The van der Waals surface area contributed by atoms with Gasteiger partial charge in [-0.25, -0.2) is 0 Å². The van der Waals surface area contributed by atoms with Crippen LogP contribution in [-0.4, -0.2) is 39.3 Å². The number of phenolic OH excluding ortho intramolecular Hbond substituents is 2. The minimum Gasteiger partial charge on any atom is -0.508 e. The summed E-state index contributed by atoms with van der Waals surface area (Å²) in [5.41, 5.74) is 3.41. The average Bonchev–Trinajstić information content (AvgIpc) is 2.94. The molecule has 0 fully saturated rings. The predicted octanol–water partition coefficient (Wildman–Crippen LogP) is 6.29. The molecule has 0 unspecified atom stereocenters. The molecule has 1 aromatic heterocycles. The molecule has 5 aromatic rings. The van der Waals surface area contributed by atoms with Crippen LogP contribution in [0.4, 0.5) is 40.6 Å². The van der Waals surface area contributed by atoms with E-state index in [-0.39, 0.29) is 11.5 Å². The molecule has 1 heterocycles. The number of hydrogen-bond acceptors (Lipinski definition) is 8. The third kappa shape index (κ3) is 5.13. The highest BCUT2D eigenvalue weighted by Gasteiger charge is 2.21. The molecule has 0 aliphatic rings. The minimum atomic E-state index is 0.181. The summed E-state index contributed by atoms with van der Waals surface area (Å²) in [6, 6.07) is 33.5. The zero-order valence-corrected chi connectivity index (χ0v) is 20.5. The van der Waals surface area contributed by atoms with Crippen molar-refractivity contribution in [2.24, 2.45) is 0 Å². The van der Waals surface area contributed by atoms with Crippen LogP contribution in [0.15, 0.2) is 109 Å². The van der Waals surface area contributed by atoms with Crippen molar-refractivity contribution in [2.75, 3.05) is 28.8 Å². The van der Waals surface area contributed by atoms with E-state index in [9.17, 15) is 10.2 Å². The van der Waals surface area contributed by atoms with Crippen LogP contribution in [-0.2, 0) is 0 Å². The van der Waals surface area contributed by atoms with Crippen LogP contribution in [0.5, 0.6) is 11.5 Å². The maximum absolute atomic E-state index is 9.75. The van der Waals surface area contributed by atoms with E-state index >= 15 is 0 Å². The lowest BCUT2D eigenvalue weighted by atomic mass is 10.2. The maximum atomic E-state index is 9.75.